The second-order valence-electron chi connectivity index (χ2n) is 4.75. The van der Waals surface area contributed by atoms with E-state index >= 15 is 0 Å². The van der Waals surface area contributed by atoms with Gasteiger partial charge in [0.25, 0.3) is 0 Å². The van der Waals surface area contributed by atoms with Gasteiger partial charge in [-0.05, 0) is 20.8 Å². The van der Waals surface area contributed by atoms with Crippen molar-refractivity contribution in [2.75, 3.05) is 5.73 Å². The molecule has 1 heterocycles. The molecule has 0 saturated carbocycles. The van der Waals surface area contributed by atoms with Gasteiger partial charge < -0.3 is 20.9 Å². The van der Waals surface area contributed by atoms with E-state index in [1.165, 1.54) is 0 Å². The Morgan fingerprint density at radius 2 is 2.11 bits per heavy atom. The number of carboxylic acids is 1. The number of amides is 1. The van der Waals surface area contributed by atoms with Crippen LogP contribution in [0.15, 0.2) is 6.20 Å². The van der Waals surface area contributed by atoms with E-state index in [4.69, 9.17) is 15.6 Å². The molecular weight excluding hydrogens is 252 g/mol. The van der Waals surface area contributed by atoms with E-state index in [-0.39, 0.29) is 23.8 Å². The summed E-state index contributed by atoms with van der Waals surface area (Å²) in [7, 11) is 0. The van der Waals surface area contributed by atoms with Crippen LogP contribution >= 0.6 is 0 Å². The van der Waals surface area contributed by atoms with Crippen molar-refractivity contribution >= 4 is 17.9 Å². The van der Waals surface area contributed by atoms with Crippen molar-refractivity contribution in [2.24, 2.45) is 0 Å². The zero-order chi connectivity index (χ0) is 14.6. The number of nitrogens with one attached hydrogen (secondary N) is 1. The molecule has 0 saturated heterocycles. The molecule has 8 nitrogen and oxygen atoms in total. The molecule has 0 radical (unpaired) electrons. The Hall–Kier alpha value is -2.38. The van der Waals surface area contributed by atoms with Gasteiger partial charge in [-0.15, -0.1) is 0 Å². The minimum atomic E-state index is -1.20. The highest BCUT2D eigenvalue weighted by molar-refractivity contribution is 5.92. The highest BCUT2D eigenvalue weighted by Crippen LogP contribution is 2.08. The summed E-state index contributed by atoms with van der Waals surface area (Å²) in [5.74, 6) is -1.15. The molecule has 0 aliphatic rings. The third-order valence-corrected chi connectivity index (χ3v) is 1.89. The minimum Gasteiger partial charge on any atom is -0.477 e. The van der Waals surface area contributed by atoms with Crippen LogP contribution in [0.2, 0.25) is 0 Å². The van der Waals surface area contributed by atoms with Gasteiger partial charge in [-0.25, -0.2) is 19.6 Å². The van der Waals surface area contributed by atoms with Gasteiger partial charge in [-0.1, -0.05) is 0 Å². The first-order chi connectivity index (χ1) is 8.69. The lowest BCUT2D eigenvalue weighted by atomic mass is 10.2. The average Bonchev–Trinajstić information content (AvgIpc) is 2.23. The number of aromatic nitrogens is 2. The quantitative estimate of drug-likeness (QED) is 0.739. The van der Waals surface area contributed by atoms with Crippen LogP contribution in [0.4, 0.5) is 10.6 Å². The van der Waals surface area contributed by atoms with Crippen molar-refractivity contribution in [1.29, 1.82) is 0 Å². The van der Waals surface area contributed by atoms with Crippen molar-refractivity contribution in [3.63, 3.8) is 0 Å². The number of ether oxygens (including phenoxy) is 1. The molecule has 1 aromatic rings. The Balaban J connectivity index is 2.62. The summed E-state index contributed by atoms with van der Waals surface area (Å²) in [4.78, 5) is 29.6. The first-order valence-electron chi connectivity index (χ1n) is 5.50. The van der Waals surface area contributed by atoms with Crippen LogP contribution in [0.25, 0.3) is 0 Å². The van der Waals surface area contributed by atoms with E-state index in [9.17, 15) is 9.59 Å². The molecule has 104 valence electrons. The fourth-order valence-electron chi connectivity index (χ4n) is 1.15. The summed E-state index contributed by atoms with van der Waals surface area (Å²) in [6.07, 6.45) is 0.480. The summed E-state index contributed by atoms with van der Waals surface area (Å²) in [5, 5.41) is 11.2. The minimum absolute atomic E-state index is 0.000980. The van der Waals surface area contributed by atoms with Gasteiger partial charge in [-0.2, -0.15) is 0 Å². The van der Waals surface area contributed by atoms with Crippen molar-refractivity contribution < 1.29 is 19.4 Å². The largest absolute Gasteiger partial charge is 0.477 e. The van der Waals surface area contributed by atoms with E-state index in [2.05, 4.69) is 15.3 Å². The van der Waals surface area contributed by atoms with E-state index in [1.54, 1.807) is 20.8 Å². The highest BCUT2D eigenvalue weighted by atomic mass is 16.6. The second kappa shape index (κ2) is 5.51. The molecule has 1 aromatic heterocycles. The summed E-state index contributed by atoms with van der Waals surface area (Å²) in [5.41, 5.74) is 4.67. The number of carboxylic acid groups (broad SMARTS) is 1. The van der Waals surface area contributed by atoms with Crippen LogP contribution in [0, 0.1) is 0 Å². The lowest BCUT2D eigenvalue weighted by Gasteiger charge is -2.19. The van der Waals surface area contributed by atoms with E-state index < -0.39 is 17.7 Å². The lowest BCUT2D eigenvalue weighted by Crippen LogP contribution is -2.32. The fraction of sp³-hybridized carbons (Fsp3) is 0.455. The van der Waals surface area contributed by atoms with Crippen molar-refractivity contribution in [1.82, 2.24) is 15.3 Å². The standard InChI is InChI=1S/C11H16N4O4/c1-11(2,3)19-10(18)14-5-7-13-4-6(9(16)17)8(12)15-7/h4H,5H2,1-3H3,(H,14,18)(H,16,17)(H2,12,13,15). The molecule has 0 unspecified atom stereocenters. The van der Waals surface area contributed by atoms with Gasteiger partial charge in [0.1, 0.15) is 22.8 Å². The van der Waals surface area contributed by atoms with Crippen LogP contribution in [0.5, 0.6) is 0 Å². The molecular formula is C11H16N4O4. The molecule has 0 aromatic carbocycles. The molecule has 0 aliphatic heterocycles. The molecule has 0 fully saturated rings. The summed E-state index contributed by atoms with van der Waals surface area (Å²) >= 11 is 0. The van der Waals surface area contributed by atoms with Gasteiger partial charge in [0.2, 0.25) is 0 Å². The van der Waals surface area contributed by atoms with Crippen LogP contribution in [-0.2, 0) is 11.3 Å². The fourth-order valence-corrected chi connectivity index (χ4v) is 1.15. The third-order valence-electron chi connectivity index (χ3n) is 1.89. The SMILES string of the molecule is CC(C)(C)OC(=O)NCc1ncc(C(=O)O)c(N)n1. The van der Waals surface area contributed by atoms with E-state index in [0.29, 0.717) is 0 Å². The van der Waals surface area contributed by atoms with Crippen molar-refractivity contribution in [2.45, 2.75) is 32.9 Å². The first kappa shape index (κ1) is 14.7. The molecule has 4 N–H and O–H groups in total. The molecule has 0 bridgehead atoms. The van der Waals surface area contributed by atoms with Crippen molar-refractivity contribution in [3.05, 3.63) is 17.6 Å². The van der Waals surface area contributed by atoms with Crippen molar-refractivity contribution in [3.8, 4) is 0 Å². The van der Waals surface area contributed by atoms with E-state index in [0.717, 1.165) is 6.20 Å². The number of nitrogens with zero attached hydrogens (tertiary/aromatic N) is 2. The topological polar surface area (TPSA) is 127 Å². The van der Waals surface area contributed by atoms with Crippen LogP contribution in [0.1, 0.15) is 37.0 Å². The van der Waals surface area contributed by atoms with E-state index in [1.807, 2.05) is 0 Å². The molecule has 0 aliphatic carbocycles. The number of rotatable bonds is 3. The average molecular weight is 268 g/mol. The highest BCUT2D eigenvalue weighted by Gasteiger charge is 2.16. The second-order valence-corrected chi connectivity index (χ2v) is 4.75. The van der Waals surface area contributed by atoms with Gasteiger partial charge in [0.15, 0.2) is 0 Å². The number of nitrogen functional groups attached to an aromatic ring is 1. The number of nitrogens with two attached hydrogens (primary N) is 1. The van der Waals surface area contributed by atoms with Gasteiger partial charge in [-0.3, -0.25) is 0 Å². The predicted octanol–water partition coefficient (Wildman–Crippen LogP) is 0.782. The maximum Gasteiger partial charge on any atom is 0.408 e. The molecule has 0 atom stereocenters. The predicted molar refractivity (Wildman–Crippen MR) is 66.5 cm³/mol. The van der Waals surface area contributed by atoms with Gasteiger partial charge in [0.05, 0.1) is 6.54 Å². The summed E-state index contributed by atoms with van der Waals surface area (Å²) < 4.78 is 5.02. The Labute approximate surface area is 110 Å². The van der Waals surface area contributed by atoms with Crippen LogP contribution < -0.4 is 11.1 Å². The summed E-state index contributed by atoms with van der Waals surface area (Å²) in [6, 6.07) is 0. The molecule has 1 rings (SSSR count). The molecule has 1 amide bonds. The third kappa shape index (κ3) is 4.78. The maximum atomic E-state index is 11.4. The van der Waals surface area contributed by atoms with Crippen LogP contribution in [-0.4, -0.2) is 32.7 Å². The number of hydrogen-bond donors (Lipinski definition) is 3. The normalized spacial score (nSPS) is 10.9. The van der Waals surface area contributed by atoms with Gasteiger partial charge in [0, 0.05) is 6.20 Å². The Kier molecular flexibility index (Phi) is 4.26. The molecule has 19 heavy (non-hydrogen) atoms. The monoisotopic (exact) mass is 268 g/mol. The van der Waals surface area contributed by atoms with Gasteiger partial charge >= 0.3 is 12.1 Å². The number of alkyl carbamates (subject to hydrolysis) is 1. The Morgan fingerprint density at radius 3 is 2.58 bits per heavy atom. The number of hydrogen-bond acceptors (Lipinski definition) is 6. The zero-order valence-corrected chi connectivity index (χ0v) is 10.9. The Bertz CT molecular complexity index is 496. The first-order valence-corrected chi connectivity index (χ1v) is 5.50. The number of anilines is 1. The van der Waals surface area contributed by atoms with Crippen LogP contribution in [0.3, 0.4) is 0 Å². The maximum absolute atomic E-state index is 11.4. The zero-order valence-electron chi connectivity index (χ0n) is 10.9. The number of carbonyl (C=O) groups is 2. The molecule has 8 heteroatoms. The summed E-state index contributed by atoms with van der Waals surface area (Å²) in [6.45, 7) is 5.22. The number of carbonyl (C=O) groups excluding carboxylic acids is 1. The lowest BCUT2D eigenvalue weighted by molar-refractivity contribution is 0.0521. The smallest absolute Gasteiger partial charge is 0.408 e. The molecule has 0 spiro atoms. The number of aromatic carboxylic acids is 1. The Morgan fingerprint density at radius 1 is 1.47 bits per heavy atom.